The fourth-order valence-electron chi connectivity index (χ4n) is 1.98. The SMILES string of the molecule is O=[N+]([O-])c1ccc(NCCNc2nc(Cl)cc3nccn23)nc1. The van der Waals surface area contributed by atoms with Gasteiger partial charge in [0.25, 0.3) is 5.69 Å². The lowest BCUT2D eigenvalue weighted by Crippen LogP contribution is -2.16. The number of pyridine rings is 1. The van der Waals surface area contributed by atoms with Gasteiger partial charge in [0.2, 0.25) is 5.95 Å². The molecule has 0 fully saturated rings. The minimum Gasteiger partial charge on any atom is -0.368 e. The number of imidazole rings is 1. The number of nitro groups is 1. The molecule has 0 aromatic carbocycles. The van der Waals surface area contributed by atoms with Crippen LogP contribution in [0.5, 0.6) is 0 Å². The Hall–Kier alpha value is -2.94. The fraction of sp³-hybridized carbons (Fsp3) is 0.154. The van der Waals surface area contributed by atoms with E-state index in [0.717, 1.165) is 0 Å². The van der Waals surface area contributed by atoms with Gasteiger partial charge in [0.05, 0.1) is 4.92 Å². The molecule has 118 valence electrons. The van der Waals surface area contributed by atoms with Crippen molar-refractivity contribution in [2.24, 2.45) is 0 Å². The molecule has 3 rings (SSSR count). The van der Waals surface area contributed by atoms with Gasteiger partial charge in [-0.05, 0) is 6.07 Å². The predicted molar refractivity (Wildman–Crippen MR) is 85.9 cm³/mol. The highest BCUT2D eigenvalue weighted by atomic mass is 35.5. The summed E-state index contributed by atoms with van der Waals surface area (Å²) in [5, 5.41) is 17.1. The van der Waals surface area contributed by atoms with E-state index in [9.17, 15) is 10.1 Å². The molecule has 23 heavy (non-hydrogen) atoms. The van der Waals surface area contributed by atoms with Crippen LogP contribution >= 0.6 is 11.6 Å². The first-order valence-electron chi connectivity index (χ1n) is 6.71. The Labute approximate surface area is 135 Å². The van der Waals surface area contributed by atoms with Crippen molar-refractivity contribution >= 4 is 34.7 Å². The van der Waals surface area contributed by atoms with Crippen molar-refractivity contribution in [1.82, 2.24) is 19.4 Å². The number of nitrogens with zero attached hydrogens (tertiary/aromatic N) is 5. The second-order valence-electron chi connectivity index (χ2n) is 4.57. The highest BCUT2D eigenvalue weighted by Gasteiger charge is 2.06. The summed E-state index contributed by atoms with van der Waals surface area (Å²) in [6.45, 7) is 1.11. The summed E-state index contributed by atoms with van der Waals surface area (Å²) in [5.41, 5.74) is 0.664. The third kappa shape index (κ3) is 3.46. The summed E-state index contributed by atoms with van der Waals surface area (Å²) >= 11 is 5.94. The van der Waals surface area contributed by atoms with Gasteiger partial charge >= 0.3 is 0 Å². The standard InChI is InChI=1S/C13H12ClN7O2/c14-10-7-12-16-5-6-20(12)13(19-10)17-4-3-15-11-2-1-9(8-18-11)21(22)23/h1-2,5-8H,3-4H2,(H,15,18)(H,17,19). The van der Waals surface area contributed by atoms with Crippen molar-refractivity contribution in [3.05, 3.63) is 52.1 Å². The van der Waals surface area contributed by atoms with Gasteiger partial charge in [-0.15, -0.1) is 0 Å². The van der Waals surface area contributed by atoms with Crippen LogP contribution in [0.1, 0.15) is 0 Å². The molecule has 0 unspecified atom stereocenters. The van der Waals surface area contributed by atoms with E-state index >= 15 is 0 Å². The zero-order valence-corrected chi connectivity index (χ0v) is 12.6. The number of nitrogens with one attached hydrogen (secondary N) is 2. The third-order valence-electron chi connectivity index (χ3n) is 3.03. The number of aromatic nitrogens is 4. The lowest BCUT2D eigenvalue weighted by Gasteiger charge is -2.09. The third-order valence-corrected chi connectivity index (χ3v) is 3.23. The predicted octanol–water partition coefficient (Wildman–Crippen LogP) is 2.21. The monoisotopic (exact) mass is 333 g/mol. The molecule has 0 aliphatic heterocycles. The zero-order valence-electron chi connectivity index (χ0n) is 11.8. The molecule has 0 aliphatic carbocycles. The summed E-state index contributed by atoms with van der Waals surface area (Å²) < 4.78 is 1.79. The van der Waals surface area contributed by atoms with Crippen molar-refractivity contribution in [3.63, 3.8) is 0 Å². The van der Waals surface area contributed by atoms with Crippen LogP contribution in [0.3, 0.4) is 0 Å². The lowest BCUT2D eigenvalue weighted by atomic mass is 10.4. The fourth-order valence-corrected chi connectivity index (χ4v) is 2.16. The van der Waals surface area contributed by atoms with Gasteiger partial charge in [0, 0.05) is 37.6 Å². The molecule has 3 aromatic rings. The molecule has 0 radical (unpaired) electrons. The van der Waals surface area contributed by atoms with Crippen molar-refractivity contribution < 1.29 is 4.92 Å². The molecule has 0 bridgehead atoms. The molecule has 0 spiro atoms. The Morgan fingerprint density at radius 2 is 2.09 bits per heavy atom. The van der Waals surface area contributed by atoms with Crippen LogP contribution < -0.4 is 10.6 Å². The number of anilines is 2. The highest BCUT2D eigenvalue weighted by molar-refractivity contribution is 6.29. The van der Waals surface area contributed by atoms with Crippen LogP contribution in [0.25, 0.3) is 5.65 Å². The highest BCUT2D eigenvalue weighted by Crippen LogP contribution is 2.14. The van der Waals surface area contributed by atoms with Crippen molar-refractivity contribution in [2.45, 2.75) is 0 Å². The Bertz CT molecular complexity index is 834. The summed E-state index contributed by atoms with van der Waals surface area (Å²) in [7, 11) is 0. The molecule has 10 heteroatoms. The van der Waals surface area contributed by atoms with E-state index in [0.29, 0.717) is 35.7 Å². The Kier molecular flexibility index (Phi) is 4.20. The van der Waals surface area contributed by atoms with Crippen molar-refractivity contribution in [2.75, 3.05) is 23.7 Å². The number of hydrogen-bond donors (Lipinski definition) is 2. The van der Waals surface area contributed by atoms with Gasteiger partial charge in [0.15, 0.2) is 0 Å². The zero-order chi connectivity index (χ0) is 16.2. The van der Waals surface area contributed by atoms with Gasteiger partial charge in [-0.25, -0.2) is 15.0 Å². The number of fused-ring (bicyclic) bond motifs is 1. The molecule has 0 aliphatic rings. The molecular formula is C13H12ClN7O2. The van der Waals surface area contributed by atoms with Gasteiger partial charge in [0.1, 0.15) is 22.8 Å². The molecule has 3 aromatic heterocycles. The summed E-state index contributed by atoms with van der Waals surface area (Å²) in [6, 6.07) is 4.63. The van der Waals surface area contributed by atoms with E-state index in [2.05, 4.69) is 25.6 Å². The smallest absolute Gasteiger partial charge is 0.287 e. The second kappa shape index (κ2) is 6.44. The number of hydrogen-bond acceptors (Lipinski definition) is 7. The van der Waals surface area contributed by atoms with Crippen LogP contribution in [0.4, 0.5) is 17.5 Å². The Morgan fingerprint density at radius 3 is 2.83 bits per heavy atom. The summed E-state index contributed by atoms with van der Waals surface area (Å²) in [6.07, 6.45) is 4.66. The van der Waals surface area contributed by atoms with Crippen LogP contribution in [-0.2, 0) is 0 Å². The van der Waals surface area contributed by atoms with E-state index in [4.69, 9.17) is 11.6 Å². The van der Waals surface area contributed by atoms with Gasteiger partial charge in [-0.2, -0.15) is 0 Å². The average molecular weight is 334 g/mol. The quantitative estimate of drug-likeness (QED) is 0.308. The van der Waals surface area contributed by atoms with Crippen LogP contribution in [-0.4, -0.2) is 37.4 Å². The van der Waals surface area contributed by atoms with E-state index in [1.54, 1.807) is 28.9 Å². The lowest BCUT2D eigenvalue weighted by molar-refractivity contribution is -0.385. The molecule has 9 nitrogen and oxygen atoms in total. The minimum absolute atomic E-state index is 0.0423. The maximum absolute atomic E-state index is 10.6. The maximum atomic E-state index is 10.6. The molecule has 0 saturated heterocycles. The minimum atomic E-state index is -0.487. The summed E-state index contributed by atoms with van der Waals surface area (Å²) in [4.78, 5) is 22.4. The molecule has 0 saturated carbocycles. The Balaban J connectivity index is 1.56. The normalized spacial score (nSPS) is 10.7. The van der Waals surface area contributed by atoms with Gasteiger partial charge < -0.3 is 10.6 Å². The molecule has 3 heterocycles. The first-order chi connectivity index (χ1) is 11.1. The van der Waals surface area contributed by atoms with E-state index in [1.165, 1.54) is 12.3 Å². The van der Waals surface area contributed by atoms with Crippen molar-refractivity contribution in [1.29, 1.82) is 0 Å². The number of halogens is 1. The first kappa shape index (κ1) is 15.0. The van der Waals surface area contributed by atoms with Gasteiger partial charge in [-0.1, -0.05) is 11.6 Å². The molecular weight excluding hydrogens is 322 g/mol. The van der Waals surface area contributed by atoms with E-state index in [-0.39, 0.29) is 5.69 Å². The summed E-state index contributed by atoms with van der Waals surface area (Å²) in [5.74, 6) is 1.15. The topological polar surface area (TPSA) is 110 Å². The van der Waals surface area contributed by atoms with Gasteiger partial charge in [-0.3, -0.25) is 14.5 Å². The van der Waals surface area contributed by atoms with Crippen LogP contribution in [0, 0.1) is 10.1 Å². The van der Waals surface area contributed by atoms with E-state index in [1.807, 2.05) is 0 Å². The largest absolute Gasteiger partial charge is 0.368 e. The second-order valence-corrected chi connectivity index (χ2v) is 4.96. The average Bonchev–Trinajstić information content (AvgIpc) is 3.00. The maximum Gasteiger partial charge on any atom is 0.287 e. The first-order valence-corrected chi connectivity index (χ1v) is 7.09. The van der Waals surface area contributed by atoms with Crippen LogP contribution in [0.15, 0.2) is 36.8 Å². The molecule has 0 amide bonds. The molecule has 2 N–H and O–H groups in total. The molecule has 0 atom stereocenters. The van der Waals surface area contributed by atoms with E-state index < -0.39 is 4.92 Å². The van der Waals surface area contributed by atoms with Crippen LogP contribution in [0.2, 0.25) is 5.15 Å². The number of rotatable bonds is 6. The Morgan fingerprint density at radius 1 is 1.26 bits per heavy atom. The van der Waals surface area contributed by atoms with Crippen molar-refractivity contribution in [3.8, 4) is 0 Å².